The Balaban J connectivity index is 1.64. The minimum absolute atomic E-state index is 0.0224. The monoisotopic (exact) mass is 335 g/mol. The summed E-state index contributed by atoms with van der Waals surface area (Å²) in [6, 6.07) is 13.0. The van der Waals surface area contributed by atoms with Crippen molar-refractivity contribution < 1.29 is 19.4 Å². The van der Waals surface area contributed by atoms with E-state index in [2.05, 4.69) is 15.3 Å². The van der Waals surface area contributed by atoms with E-state index in [0.717, 1.165) is 6.20 Å². The summed E-state index contributed by atoms with van der Waals surface area (Å²) in [7, 11) is 0. The lowest BCUT2D eigenvalue weighted by atomic mass is 10.2. The summed E-state index contributed by atoms with van der Waals surface area (Å²) in [5, 5.41) is 11.5. The van der Waals surface area contributed by atoms with Crippen LogP contribution in [0.15, 0.2) is 67.1 Å². The first kappa shape index (κ1) is 16.1. The highest BCUT2D eigenvalue weighted by molar-refractivity contribution is 6.03. The fourth-order valence-corrected chi connectivity index (χ4v) is 2.00. The van der Waals surface area contributed by atoms with Crippen molar-refractivity contribution in [2.45, 2.75) is 0 Å². The Hall–Kier alpha value is -3.74. The van der Waals surface area contributed by atoms with Crippen LogP contribution in [0.2, 0.25) is 0 Å². The van der Waals surface area contributed by atoms with Crippen molar-refractivity contribution in [3.8, 4) is 11.5 Å². The van der Waals surface area contributed by atoms with Gasteiger partial charge in [0, 0.05) is 24.3 Å². The molecule has 0 aliphatic rings. The molecule has 3 rings (SSSR count). The van der Waals surface area contributed by atoms with Crippen LogP contribution in [0.25, 0.3) is 0 Å². The molecule has 0 spiro atoms. The number of ether oxygens (including phenoxy) is 1. The van der Waals surface area contributed by atoms with Gasteiger partial charge >= 0.3 is 5.97 Å². The lowest BCUT2D eigenvalue weighted by Gasteiger charge is -2.08. The van der Waals surface area contributed by atoms with Crippen LogP contribution in [-0.4, -0.2) is 27.0 Å². The Bertz CT molecular complexity index is 878. The average Bonchev–Trinajstić information content (AvgIpc) is 2.64. The maximum absolute atomic E-state index is 12.1. The Morgan fingerprint density at radius 1 is 0.920 bits per heavy atom. The molecule has 124 valence electrons. The summed E-state index contributed by atoms with van der Waals surface area (Å²) in [6.45, 7) is 0. The van der Waals surface area contributed by atoms with Crippen molar-refractivity contribution in [3.05, 3.63) is 78.4 Å². The van der Waals surface area contributed by atoms with Crippen LogP contribution in [0.5, 0.6) is 11.5 Å². The van der Waals surface area contributed by atoms with Crippen molar-refractivity contribution in [2.24, 2.45) is 0 Å². The van der Waals surface area contributed by atoms with Gasteiger partial charge < -0.3 is 15.2 Å². The van der Waals surface area contributed by atoms with Crippen LogP contribution < -0.4 is 10.1 Å². The highest BCUT2D eigenvalue weighted by Gasteiger charge is 2.10. The van der Waals surface area contributed by atoms with E-state index in [9.17, 15) is 9.59 Å². The zero-order valence-electron chi connectivity index (χ0n) is 12.9. The first-order valence-corrected chi connectivity index (χ1v) is 7.30. The van der Waals surface area contributed by atoms with Crippen molar-refractivity contribution in [1.82, 2.24) is 9.97 Å². The molecule has 0 atom stereocenters. The van der Waals surface area contributed by atoms with Crippen LogP contribution in [0, 0.1) is 0 Å². The molecular weight excluding hydrogens is 322 g/mol. The lowest BCUT2D eigenvalue weighted by molar-refractivity contribution is 0.0695. The number of aromatic nitrogens is 2. The molecule has 0 radical (unpaired) electrons. The number of carbonyl (C=O) groups is 2. The molecular formula is C18H13N3O4. The molecule has 1 aromatic carbocycles. The number of carboxylic acid groups (broad SMARTS) is 1. The molecule has 2 aromatic heterocycles. The van der Waals surface area contributed by atoms with Crippen molar-refractivity contribution >= 4 is 17.6 Å². The Kier molecular flexibility index (Phi) is 4.66. The van der Waals surface area contributed by atoms with Crippen LogP contribution in [-0.2, 0) is 0 Å². The number of rotatable bonds is 5. The number of nitrogens with one attached hydrogen (secondary N) is 1. The lowest BCUT2D eigenvalue weighted by Crippen LogP contribution is -2.14. The second-order valence-corrected chi connectivity index (χ2v) is 5.00. The molecule has 25 heavy (non-hydrogen) atoms. The second-order valence-electron chi connectivity index (χ2n) is 5.00. The standard InChI is InChI=1S/C18H13N3O4/c22-17(16-6-1-12(11-20-16)18(23)24)21-13-2-4-14(5-3-13)25-15-7-9-19-10-8-15/h1-11H,(H,21,22)(H,23,24). The minimum atomic E-state index is -1.09. The highest BCUT2D eigenvalue weighted by Crippen LogP contribution is 2.22. The van der Waals surface area contributed by atoms with E-state index in [-0.39, 0.29) is 11.3 Å². The van der Waals surface area contributed by atoms with Crippen LogP contribution in [0.1, 0.15) is 20.8 Å². The molecule has 2 heterocycles. The number of carbonyl (C=O) groups excluding carboxylic acids is 1. The number of hydrogen-bond donors (Lipinski definition) is 2. The van der Waals surface area contributed by atoms with E-state index in [4.69, 9.17) is 9.84 Å². The number of pyridine rings is 2. The van der Waals surface area contributed by atoms with Crippen molar-refractivity contribution in [2.75, 3.05) is 5.32 Å². The van der Waals surface area contributed by atoms with Gasteiger partial charge in [0.25, 0.3) is 5.91 Å². The molecule has 0 saturated heterocycles. The van der Waals surface area contributed by atoms with E-state index in [0.29, 0.717) is 17.2 Å². The van der Waals surface area contributed by atoms with Gasteiger partial charge in [0.15, 0.2) is 0 Å². The van der Waals surface area contributed by atoms with E-state index in [1.54, 1.807) is 48.8 Å². The van der Waals surface area contributed by atoms with Gasteiger partial charge in [-0.05, 0) is 48.5 Å². The SMILES string of the molecule is O=C(O)c1ccc(C(=O)Nc2ccc(Oc3ccncc3)cc2)nc1. The number of nitrogens with zero attached hydrogens (tertiary/aromatic N) is 2. The molecule has 7 nitrogen and oxygen atoms in total. The second kappa shape index (κ2) is 7.22. The van der Waals surface area contributed by atoms with Crippen LogP contribution in [0.3, 0.4) is 0 Å². The minimum Gasteiger partial charge on any atom is -0.478 e. The van der Waals surface area contributed by atoms with Gasteiger partial charge in [-0.2, -0.15) is 0 Å². The third-order valence-corrected chi connectivity index (χ3v) is 3.24. The van der Waals surface area contributed by atoms with Gasteiger partial charge in [-0.25, -0.2) is 4.79 Å². The number of hydrogen-bond acceptors (Lipinski definition) is 5. The van der Waals surface area contributed by atoms with Gasteiger partial charge in [0.05, 0.1) is 5.56 Å². The largest absolute Gasteiger partial charge is 0.478 e. The molecule has 0 bridgehead atoms. The number of benzene rings is 1. The van der Waals surface area contributed by atoms with E-state index >= 15 is 0 Å². The first-order valence-electron chi connectivity index (χ1n) is 7.30. The maximum Gasteiger partial charge on any atom is 0.337 e. The van der Waals surface area contributed by atoms with Crippen molar-refractivity contribution in [3.63, 3.8) is 0 Å². The smallest absolute Gasteiger partial charge is 0.337 e. The molecule has 2 N–H and O–H groups in total. The molecule has 0 aliphatic carbocycles. The first-order chi connectivity index (χ1) is 12.1. The van der Waals surface area contributed by atoms with Gasteiger partial charge in [-0.15, -0.1) is 0 Å². The van der Waals surface area contributed by atoms with Crippen LogP contribution >= 0.6 is 0 Å². The summed E-state index contributed by atoms with van der Waals surface area (Å²) in [6.07, 6.45) is 4.40. The Labute approximate surface area is 142 Å². The summed E-state index contributed by atoms with van der Waals surface area (Å²) in [5.74, 6) is -0.244. The predicted octanol–water partition coefficient (Wildman–Crippen LogP) is 3.22. The van der Waals surface area contributed by atoms with Crippen molar-refractivity contribution in [1.29, 1.82) is 0 Å². The number of carboxylic acids is 1. The summed E-state index contributed by atoms with van der Waals surface area (Å²) in [4.78, 5) is 30.6. The Morgan fingerprint density at radius 2 is 1.60 bits per heavy atom. The summed E-state index contributed by atoms with van der Waals surface area (Å²) >= 11 is 0. The molecule has 7 heteroatoms. The third kappa shape index (κ3) is 4.17. The third-order valence-electron chi connectivity index (χ3n) is 3.24. The van der Waals surface area contributed by atoms with Gasteiger partial charge in [-0.3, -0.25) is 14.8 Å². The van der Waals surface area contributed by atoms with Crippen LogP contribution in [0.4, 0.5) is 5.69 Å². The number of aromatic carboxylic acids is 1. The Morgan fingerprint density at radius 3 is 2.20 bits per heavy atom. The number of amides is 1. The number of anilines is 1. The van der Waals surface area contributed by atoms with Gasteiger partial charge in [0.1, 0.15) is 17.2 Å². The molecule has 0 saturated carbocycles. The molecule has 0 aliphatic heterocycles. The maximum atomic E-state index is 12.1. The zero-order valence-corrected chi connectivity index (χ0v) is 12.9. The predicted molar refractivity (Wildman–Crippen MR) is 89.9 cm³/mol. The summed E-state index contributed by atoms with van der Waals surface area (Å²) < 4.78 is 5.64. The molecule has 3 aromatic rings. The molecule has 0 unspecified atom stereocenters. The van der Waals surface area contributed by atoms with Gasteiger partial charge in [-0.1, -0.05) is 0 Å². The summed E-state index contributed by atoms with van der Waals surface area (Å²) in [5.41, 5.74) is 0.715. The van der Waals surface area contributed by atoms with E-state index in [1.165, 1.54) is 12.1 Å². The van der Waals surface area contributed by atoms with E-state index < -0.39 is 11.9 Å². The molecule has 0 fully saturated rings. The quantitative estimate of drug-likeness (QED) is 0.742. The highest BCUT2D eigenvalue weighted by atomic mass is 16.5. The average molecular weight is 335 g/mol. The normalized spacial score (nSPS) is 10.1. The topological polar surface area (TPSA) is 101 Å². The zero-order chi connectivity index (χ0) is 17.6. The van der Waals surface area contributed by atoms with Gasteiger partial charge in [0.2, 0.25) is 0 Å². The fraction of sp³-hybridized carbons (Fsp3) is 0. The fourth-order valence-electron chi connectivity index (χ4n) is 2.00. The van der Waals surface area contributed by atoms with E-state index in [1.807, 2.05) is 0 Å². The molecule has 1 amide bonds.